The maximum absolute atomic E-state index is 13.4. The highest BCUT2D eigenvalue weighted by Crippen LogP contribution is 2.27. The normalized spacial score (nSPS) is 19.2. The summed E-state index contributed by atoms with van der Waals surface area (Å²) in [5, 5.41) is 11.9. The highest BCUT2D eigenvalue weighted by molar-refractivity contribution is 7.89. The molecule has 2 amide bonds. The van der Waals surface area contributed by atoms with Crippen LogP contribution in [-0.4, -0.2) is 55.7 Å². The third-order valence-electron chi connectivity index (χ3n) is 5.40. The summed E-state index contributed by atoms with van der Waals surface area (Å²) in [4.78, 5) is 25.0. The number of nitrogens with one attached hydrogen (secondary N) is 2. The summed E-state index contributed by atoms with van der Waals surface area (Å²) in [6.45, 7) is 0.0633. The van der Waals surface area contributed by atoms with Crippen molar-refractivity contribution >= 4 is 22.0 Å². The van der Waals surface area contributed by atoms with Gasteiger partial charge in [0.15, 0.2) is 0 Å². The number of nitrogens with zero attached hydrogens (tertiary/aromatic N) is 1. The fraction of sp³-hybridized carbons (Fsp3) is 0.364. The van der Waals surface area contributed by atoms with Gasteiger partial charge in [-0.15, -0.1) is 0 Å². The molecule has 1 aliphatic heterocycles. The maximum Gasteiger partial charge on any atom is 0.407 e. The number of hydrogen-bond donors (Lipinski definition) is 3. The van der Waals surface area contributed by atoms with Crippen LogP contribution in [0.2, 0.25) is 0 Å². The SMILES string of the molecule is COc1ccc(S(=O)(=O)N2CCCCC(NC(=O)OCc3ccccc3)C2C(=O)NO)cc1. The first-order valence-corrected chi connectivity index (χ1v) is 11.9. The van der Waals surface area contributed by atoms with Crippen LogP contribution >= 0.6 is 0 Å². The Morgan fingerprint density at radius 2 is 1.79 bits per heavy atom. The standard InChI is InChI=1S/C22H27N3O7S/c1-31-17-10-12-18(13-11-17)33(29,30)25-14-6-5-9-19(20(25)21(26)24-28)23-22(27)32-15-16-7-3-2-4-8-16/h2-4,7-8,10-13,19-20,28H,5-6,9,14-15H2,1H3,(H,23,27)(H,24,26). The summed E-state index contributed by atoms with van der Waals surface area (Å²) in [6.07, 6.45) is 0.575. The highest BCUT2D eigenvalue weighted by Gasteiger charge is 2.43. The molecular weight excluding hydrogens is 450 g/mol. The molecule has 11 heteroatoms. The van der Waals surface area contributed by atoms with Crippen LogP contribution in [0.15, 0.2) is 59.5 Å². The monoisotopic (exact) mass is 477 g/mol. The van der Waals surface area contributed by atoms with E-state index in [-0.39, 0.29) is 18.0 Å². The van der Waals surface area contributed by atoms with E-state index in [1.54, 1.807) is 12.1 Å². The maximum atomic E-state index is 13.4. The Labute approximate surface area is 192 Å². The molecule has 33 heavy (non-hydrogen) atoms. The molecule has 10 nitrogen and oxygen atoms in total. The smallest absolute Gasteiger partial charge is 0.407 e. The highest BCUT2D eigenvalue weighted by atomic mass is 32.2. The van der Waals surface area contributed by atoms with Crippen LogP contribution in [0.5, 0.6) is 5.75 Å². The Kier molecular flexibility index (Phi) is 8.26. The molecule has 2 aromatic carbocycles. The molecule has 1 heterocycles. The molecule has 178 valence electrons. The lowest BCUT2D eigenvalue weighted by atomic mass is 10.0. The number of hydrogen-bond acceptors (Lipinski definition) is 7. The van der Waals surface area contributed by atoms with Crippen molar-refractivity contribution in [2.24, 2.45) is 0 Å². The number of rotatable bonds is 7. The lowest BCUT2D eigenvalue weighted by Gasteiger charge is -2.32. The van der Waals surface area contributed by atoms with Crippen LogP contribution < -0.4 is 15.5 Å². The second-order valence-electron chi connectivity index (χ2n) is 7.52. The number of hydroxylamine groups is 1. The van der Waals surface area contributed by atoms with Gasteiger partial charge in [0.1, 0.15) is 18.4 Å². The number of carbonyl (C=O) groups excluding carboxylic acids is 2. The zero-order valence-corrected chi connectivity index (χ0v) is 19.0. The summed E-state index contributed by atoms with van der Waals surface area (Å²) in [6, 6.07) is 12.5. The van der Waals surface area contributed by atoms with Crippen molar-refractivity contribution < 1.29 is 32.7 Å². The van der Waals surface area contributed by atoms with E-state index in [0.717, 1.165) is 9.87 Å². The van der Waals surface area contributed by atoms with Crippen molar-refractivity contribution in [1.82, 2.24) is 15.1 Å². The molecule has 1 saturated heterocycles. The van der Waals surface area contributed by atoms with Gasteiger partial charge >= 0.3 is 6.09 Å². The van der Waals surface area contributed by atoms with Gasteiger partial charge in [0.2, 0.25) is 10.0 Å². The van der Waals surface area contributed by atoms with E-state index >= 15 is 0 Å². The van der Waals surface area contributed by atoms with Crippen LogP contribution in [0.4, 0.5) is 4.79 Å². The molecule has 0 bridgehead atoms. The van der Waals surface area contributed by atoms with Crippen molar-refractivity contribution in [1.29, 1.82) is 0 Å². The van der Waals surface area contributed by atoms with Crippen molar-refractivity contribution in [3.8, 4) is 5.75 Å². The number of amides is 2. The second kappa shape index (κ2) is 11.1. The Balaban J connectivity index is 1.82. The molecule has 0 aromatic heterocycles. The summed E-state index contributed by atoms with van der Waals surface area (Å²) < 4.78 is 38.1. The van der Waals surface area contributed by atoms with Crippen LogP contribution in [-0.2, 0) is 26.2 Å². The topological polar surface area (TPSA) is 134 Å². The zero-order chi connectivity index (χ0) is 23.8. The minimum atomic E-state index is -4.12. The molecule has 2 aromatic rings. The minimum absolute atomic E-state index is 0.0180. The average Bonchev–Trinajstić information content (AvgIpc) is 3.06. The van der Waals surface area contributed by atoms with Crippen LogP contribution in [0, 0.1) is 0 Å². The minimum Gasteiger partial charge on any atom is -0.497 e. The van der Waals surface area contributed by atoms with Gasteiger partial charge in [-0.2, -0.15) is 4.31 Å². The lowest BCUT2D eigenvalue weighted by Crippen LogP contribution is -2.59. The van der Waals surface area contributed by atoms with Gasteiger partial charge in [-0.25, -0.2) is 18.7 Å². The Morgan fingerprint density at radius 3 is 2.42 bits per heavy atom. The molecule has 1 fully saturated rings. The predicted octanol–water partition coefficient (Wildman–Crippen LogP) is 2.04. The fourth-order valence-electron chi connectivity index (χ4n) is 3.73. The molecule has 0 aliphatic carbocycles. The zero-order valence-electron chi connectivity index (χ0n) is 18.1. The molecule has 3 rings (SSSR count). The van der Waals surface area contributed by atoms with Crippen molar-refractivity contribution in [2.75, 3.05) is 13.7 Å². The van der Waals surface area contributed by atoms with E-state index in [2.05, 4.69) is 5.32 Å². The molecule has 2 atom stereocenters. The van der Waals surface area contributed by atoms with E-state index in [9.17, 15) is 23.2 Å². The van der Waals surface area contributed by atoms with Crippen LogP contribution in [0.25, 0.3) is 0 Å². The number of methoxy groups -OCH3 is 1. The first-order valence-electron chi connectivity index (χ1n) is 10.4. The lowest BCUT2D eigenvalue weighted by molar-refractivity contribution is -0.134. The van der Waals surface area contributed by atoms with Crippen LogP contribution in [0.1, 0.15) is 24.8 Å². The number of alkyl carbamates (subject to hydrolysis) is 1. The average molecular weight is 478 g/mol. The van der Waals surface area contributed by atoms with Gasteiger partial charge in [-0.3, -0.25) is 10.0 Å². The van der Waals surface area contributed by atoms with E-state index in [0.29, 0.717) is 25.0 Å². The largest absolute Gasteiger partial charge is 0.497 e. The van der Waals surface area contributed by atoms with Gasteiger partial charge in [-0.1, -0.05) is 36.8 Å². The van der Waals surface area contributed by atoms with Crippen LogP contribution in [0.3, 0.4) is 0 Å². The Hall–Kier alpha value is -3.15. The summed E-state index contributed by atoms with van der Waals surface area (Å²) in [5.74, 6) is -0.461. The summed E-state index contributed by atoms with van der Waals surface area (Å²) in [5.41, 5.74) is 2.32. The summed E-state index contributed by atoms with van der Waals surface area (Å²) in [7, 11) is -2.66. The van der Waals surface area contributed by atoms with E-state index in [1.165, 1.54) is 36.9 Å². The number of ether oxygens (including phenoxy) is 2. The van der Waals surface area contributed by atoms with Gasteiger partial charge in [0, 0.05) is 6.54 Å². The van der Waals surface area contributed by atoms with Crippen molar-refractivity contribution in [2.45, 2.75) is 42.8 Å². The van der Waals surface area contributed by atoms with Gasteiger partial charge < -0.3 is 14.8 Å². The quantitative estimate of drug-likeness (QED) is 0.410. The van der Waals surface area contributed by atoms with E-state index < -0.39 is 34.1 Å². The number of sulfonamides is 1. The second-order valence-corrected chi connectivity index (χ2v) is 9.41. The third-order valence-corrected chi connectivity index (χ3v) is 7.29. The molecule has 3 N–H and O–H groups in total. The first kappa shape index (κ1) is 24.5. The molecule has 0 spiro atoms. The van der Waals surface area contributed by atoms with Crippen molar-refractivity contribution in [3.05, 3.63) is 60.2 Å². The van der Waals surface area contributed by atoms with E-state index in [1.807, 2.05) is 18.2 Å². The Morgan fingerprint density at radius 1 is 1.09 bits per heavy atom. The predicted molar refractivity (Wildman–Crippen MR) is 118 cm³/mol. The fourth-order valence-corrected chi connectivity index (χ4v) is 5.39. The molecule has 0 saturated carbocycles. The van der Waals surface area contributed by atoms with Gasteiger partial charge in [0.05, 0.1) is 18.0 Å². The van der Waals surface area contributed by atoms with Gasteiger partial charge in [0.25, 0.3) is 5.91 Å². The van der Waals surface area contributed by atoms with Crippen molar-refractivity contribution in [3.63, 3.8) is 0 Å². The molecule has 0 radical (unpaired) electrons. The molecular formula is C22H27N3O7S. The number of carbonyl (C=O) groups is 2. The number of benzene rings is 2. The van der Waals surface area contributed by atoms with Gasteiger partial charge in [-0.05, 0) is 42.7 Å². The van der Waals surface area contributed by atoms with E-state index in [4.69, 9.17) is 9.47 Å². The Bertz CT molecular complexity index is 1050. The summed E-state index contributed by atoms with van der Waals surface area (Å²) >= 11 is 0. The third kappa shape index (κ3) is 6.01. The first-order chi connectivity index (χ1) is 15.9. The molecule has 2 unspecified atom stereocenters. The molecule has 1 aliphatic rings.